The van der Waals surface area contributed by atoms with Gasteiger partial charge in [0.15, 0.2) is 0 Å². The number of hydrogen-bond donors (Lipinski definition) is 3. The minimum atomic E-state index is -0.158. The number of anilines is 1. The van der Waals surface area contributed by atoms with Gasteiger partial charge in [0.25, 0.3) is 0 Å². The first kappa shape index (κ1) is 14.3. The monoisotopic (exact) mass is 277 g/mol. The van der Waals surface area contributed by atoms with Crippen LogP contribution in [-0.2, 0) is 16.1 Å². The van der Waals surface area contributed by atoms with Gasteiger partial charge in [-0.1, -0.05) is 6.08 Å². The van der Waals surface area contributed by atoms with Gasteiger partial charge in [0, 0.05) is 18.8 Å². The molecule has 0 radical (unpaired) electrons. The Morgan fingerprint density at radius 1 is 1.45 bits per heavy atom. The number of amides is 2. The van der Waals surface area contributed by atoms with Crippen molar-refractivity contribution in [2.24, 2.45) is 0 Å². The third-order valence-electron chi connectivity index (χ3n) is 2.74. The first-order chi connectivity index (χ1) is 9.67. The predicted octanol–water partition coefficient (Wildman–Crippen LogP) is -0.124. The lowest BCUT2D eigenvalue weighted by Crippen LogP contribution is -2.29. The van der Waals surface area contributed by atoms with E-state index in [-0.39, 0.29) is 24.9 Å². The molecule has 1 saturated carbocycles. The van der Waals surface area contributed by atoms with Crippen LogP contribution in [0, 0.1) is 0 Å². The number of carbonyl (C=O) groups excluding carboxylic acids is 2. The van der Waals surface area contributed by atoms with Crippen LogP contribution < -0.4 is 16.0 Å². The summed E-state index contributed by atoms with van der Waals surface area (Å²) in [7, 11) is 0. The molecule has 0 saturated heterocycles. The molecule has 1 aromatic heterocycles. The van der Waals surface area contributed by atoms with Crippen LogP contribution in [0.2, 0.25) is 0 Å². The van der Waals surface area contributed by atoms with E-state index in [1.807, 2.05) is 0 Å². The van der Waals surface area contributed by atoms with Crippen LogP contribution in [0.15, 0.2) is 25.0 Å². The Balaban J connectivity index is 1.74. The summed E-state index contributed by atoms with van der Waals surface area (Å²) in [6, 6.07) is 0.341. The molecule has 0 aromatic carbocycles. The van der Waals surface area contributed by atoms with E-state index in [9.17, 15) is 9.59 Å². The summed E-state index contributed by atoms with van der Waals surface area (Å²) >= 11 is 0. The molecule has 3 N–H and O–H groups in total. The van der Waals surface area contributed by atoms with Crippen LogP contribution in [0.1, 0.15) is 12.8 Å². The van der Waals surface area contributed by atoms with Crippen molar-refractivity contribution in [2.45, 2.75) is 25.4 Å². The standard InChI is InChI=1S/C13H19N5O2/c1-2-5-14-7-12(19)17-11-6-15-18(8-11)9-13(20)16-10-3-4-10/h2,6,8,10,14H,1,3-5,7,9H2,(H,16,20)(H,17,19). The lowest BCUT2D eigenvalue weighted by atomic mass is 10.5. The highest BCUT2D eigenvalue weighted by Crippen LogP contribution is 2.18. The SMILES string of the molecule is C=CCNCC(=O)Nc1cnn(CC(=O)NC2CC2)c1. The summed E-state index contributed by atoms with van der Waals surface area (Å²) in [5, 5.41) is 12.5. The van der Waals surface area contributed by atoms with Crippen molar-refractivity contribution in [2.75, 3.05) is 18.4 Å². The van der Waals surface area contributed by atoms with E-state index in [0.29, 0.717) is 18.3 Å². The fourth-order valence-electron chi connectivity index (χ4n) is 1.66. The maximum absolute atomic E-state index is 11.6. The lowest BCUT2D eigenvalue weighted by molar-refractivity contribution is -0.122. The van der Waals surface area contributed by atoms with Gasteiger partial charge in [-0.05, 0) is 12.8 Å². The zero-order chi connectivity index (χ0) is 14.4. The Morgan fingerprint density at radius 2 is 2.25 bits per heavy atom. The van der Waals surface area contributed by atoms with E-state index in [0.717, 1.165) is 12.8 Å². The fourth-order valence-corrected chi connectivity index (χ4v) is 1.66. The Bertz CT molecular complexity index is 493. The number of hydrogen-bond acceptors (Lipinski definition) is 4. The van der Waals surface area contributed by atoms with Crippen molar-refractivity contribution >= 4 is 17.5 Å². The summed E-state index contributed by atoms with van der Waals surface area (Å²) in [6.07, 6.45) is 6.96. The first-order valence-electron chi connectivity index (χ1n) is 6.60. The normalized spacial score (nSPS) is 13.8. The molecule has 108 valence electrons. The van der Waals surface area contributed by atoms with E-state index in [2.05, 4.69) is 27.6 Å². The first-order valence-corrected chi connectivity index (χ1v) is 6.60. The van der Waals surface area contributed by atoms with Gasteiger partial charge in [0.2, 0.25) is 11.8 Å². The van der Waals surface area contributed by atoms with Crippen molar-refractivity contribution in [3.63, 3.8) is 0 Å². The van der Waals surface area contributed by atoms with Crippen LogP contribution in [0.25, 0.3) is 0 Å². The quantitative estimate of drug-likeness (QED) is 0.456. The average molecular weight is 277 g/mol. The molecule has 0 spiro atoms. The van der Waals surface area contributed by atoms with E-state index in [4.69, 9.17) is 0 Å². The highest BCUT2D eigenvalue weighted by Gasteiger charge is 2.23. The molecule has 1 aromatic rings. The molecule has 2 amide bonds. The zero-order valence-electron chi connectivity index (χ0n) is 11.3. The Hall–Kier alpha value is -2.15. The number of aromatic nitrogens is 2. The van der Waals surface area contributed by atoms with E-state index in [1.165, 1.54) is 10.9 Å². The molecular weight excluding hydrogens is 258 g/mol. The second-order valence-corrected chi connectivity index (χ2v) is 4.74. The molecule has 20 heavy (non-hydrogen) atoms. The third kappa shape index (κ3) is 4.85. The van der Waals surface area contributed by atoms with Gasteiger partial charge in [0.1, 0.15) is 6.54 Å². The van der Waals surface area contributed by atoms with Gasteiger partial charge < -0.3 is 16.0 Å². The summed E-state index contributed by atoms with van der Waals surface area (Å²) in [5.41, 5.74) is 0.578. The molecular formula is C13H19N5O2. The summed E-state index contributed by atoms with van der Waals surface area (Å²) in [6.45, 7) is 4.50. The topological polar surface area (TPSA) is 88.1 Å². The molecule has 1 heterocycles. The molecule has 0 unspecified atom stereocenters. The number of rotatable bonds is 8. The Labute approximate surface area is 117 Å². The van der Waals surface area contributed by atoms with Gasteiger partial charge in [0.05, 0.1) is 18.4 Å². The summed E-state index contributed by atoms with van der Waals surface area (Å²) in [5.74, 6) is -0.213. The van der Waals surface area contributed by atoms with Crippen molar-refractivity contribution in [3.05, 3.63) is 25.0 Å². The fraction of sp³-hybridized carbons (Fsp3) is 0.462. The molecule has 7 nitrogen and oxygen atoms in total. The largest absolute Gasteiger partial charge is 0.352 e. The summed E-state index contributed by atoms with van der Waals surface area (Å²) in [4.78, 5) is 23.1. The van der Waals surface area contributed by atoms with Crippen LogP contribution in [0.4, 0.5) is 5.69 Å². The molecule has 0 bridgehead atoms. The third-order valence-corrected chi connectivity index (χ3v) is 2.74. The smallest absolute Gasteiger partial charge is 0.241 e. The second-order valence-electron chi connectivity index (χ2n) is 4.74. The average Bonchev–Trinajstić information content (AvgIpc) is 3.10. The second kappa shape index (κ2) is 6.85. The number of carbonyl (C=O) groups is 2. The molecule has 1 aliphatic rings. The van der Waals surface area contributed by atoms with E-state index >= 15 is 0 Å². The maximum Gasteiger partial charge on any atom is 0.241 e. The van der Waals surface area contributed by atoms with E-state index < -0.39 is 0 Å². The predicted molar refractivity (Wildman–Crippen MR) is 75.1 cm³/mol. The van der Waals surface area contributed by atoms with E-state index in [1.54, 1.807) is 12.3 Å². The van der Waals surface area contributed by atoms with Crippen molar-refractivity contribution in [1.82, 2.24) is 20.4 Å². The molecule has 1 aliphatic carbocycles. The molecule has 0 atom stereocenters. The summed E-state index contributed by atoms with van der Waals surface area (Å²) < 4.78 is 1.50. The van der Waals surface area contributed by atoms with Gasteiger partial charge in [-0.2, -0.15) is 5.10 Å². The van der Waals surface area contributed by atoms with Gasteiger partial charge in [-0.25, -0.2) is 0 Å². The van der Waals surface area contributed by atoms with Crippen LogP contribution in [0.3, 0.4) is 0 Å². The van der Waals surface area contributed by atoms with Crippen LogP contribution in [0.5, 0.6) is 0 Å². The minimum absolute atomic E-state index is 0.0545. The van der Waals surface area contributed by atoms with Gasteiger partial charge in [-0.3, -0.25) is 14.3 Å². The maximum atomic E-state index is 11.6. The zero-order valence-corrected chi connectivity index (χ0v) is 11.3. The van der Waals surface area contributed by atoms with Gasteiger partial charge in [-0.15, -0.1) is 6.58 Å². The highest BCUT2D eigenvalue weighted by molar-refractivity contribution is 5.92. The van der Waals surface area contributed by atoms with Crippen molar-refractivity contribution in [1.29, 1.82) is 0 Å². The highest BCUT2D eigenvalue weighted by atomic mass is 16.2. The van der Waals surface area contributed by atoms with Gasteiger partial charge >= 0.3 is 0 Å². The van der Waals surface area contributed by atoms with Crippen LogP contribution >= 0.6 is 0 Å². The minimum Gasteiger partial charge on any atom is -0.352 e. The molecule has 2 rings (SSSR count). The van der Waals surface area contributed by atoms with Crippen LogP contribution in [-0.4, -0.2) is 40.7 Å². The molecule has 0 aliphatic heterocycles. The van der Waals surface area contributed by atoms with Crippen molar-refractivity contribution < 1.29 is 9.59 Å². The Morgan fingerprint density at radius 3 is 2.95 bits per heavy atom. The number of nitrogens with zero attached hydrogens (tertiary/aromatic N) is 2. The lowest BCUT2D eigenvalue weighted by Gasteiger charge is -2.03. The molecule has 1 fully saturated rings. The molecule has 7 heteroatoms. The Kier molecular flexibility index (Phi) is 4.89. The van der Waals surface area contributed by atoms with Crippen molar-refractivity contribution in [3.8, 4) is 0 Å². The number of nitrogens with one attached hydrogen (secondary N) is 3.